The van der Waals surface area contributed by atoms with Crippen LogP contribution in [0.15, 0.2) is 40.9 Å². The Hall–Kier alpha value is -1.32. The molecule has 23 heavy (non-hydrogen) atoms. The highest BCUT2D eigenvalue weighted by molar-refractivity contribution is 7.91. The molecule has 0 saturated carbocycles. The zero-order valence-corrected chi connectivity index (χ0v) is 15.2. The second-order valence-corrected chi connectivity index (χ2v) is 9.44. The lowest BCUT2D eigenvalue weighted by molar-refractivity contribution is 0.584. The summed E-state index contributed by atoms with van der Waals surface area (Å²) in [6.45, 7) is 2.06. The number of sulfonamides is 1. The number of aryl methyl sites for hydroxylation is 1. The van der Waals surface area contributed by atoms with Crippen LogP contribution in [0.4, 0.5) is 0 Å². The van der Waals surface area contributed by atoms with E-state index in [9.17, 15) is 8.42 Å². The van der Waals surface area contributed by atoms with Gasteiger partial charge in [-0.2, -0.15) is 0 Å². The highest BCUT2D eigenvalue weighted by atomic mass is 35.5. The van der Waals surface area contributed by atoms with E-state index in [1.165, 1.54) is 17.4 Å². The third-order valence-corrected chi connectivity index (χ3v) is 7.37. The number of thiophene rings is 1. The summed E-state index contributed by atoms with van der Waals surface area (Å²) in [4.78, 5) is 9.43. The van der Waals surface area contributed by atoms with E-state index in [2.05, 4.69) is 14.7 Å². The van der Waals surface area contributed by atoms with Gasteiger partial charge in [0.15, 0.2) is 0 Å². The van der Waals surface area contributed by atoms with Crippen molar-refractivity contribution < 1.29 is 8.42 Å². The summed E-state index contributed by atoms with van der Waals surface area (Å²) in [5.41, 5.74) is 1.72. The van der Waals surface area contributed by atoms with Crippen LogP contribution in [0.5, 0.6) is 0 Å². The lowest BCUT2D eigenvalue weighted by atomic mass is 10.3. The first kappa shape index (κ1) is 16.5. The molecule has 0 fully saturated rings. The fraction of sp³-hybridized carbons (Fsp3) is 0.143. The Morgan fingerprint density at radius 2 is 2.09 bits per heavy atom. The number of nitrogens with zero attached hydrogens (tertiary/aromatic N) is 2. The molecule has 1 N–H and O–H groups in total. The second-order valence-electron chi connectivity index (χ2n) is 4.65. The number of pyridine rings is 1. The Morgan fingerprint density at radius 3 is 2.74 bits per heavy atom. The molecule has 9 heteroatoms. The molecule has 3 aromatic rings. The van der Waals surface area contributed by atoms with Crippen molar-refractivity contribution in [2.24, 2.45) is 0 Å². The van der Waals surface area contributed by atoms with Crippen molar-refractivity contribution in [2.45, 2.75) is 17.7 Å². The van der Waals surface area contributed by atoms with Gasteiger partial charge in [-0.15, -0.1) is 22.7 Å². The highest BCUT2D eigenvalue weighted by Gasteiger charge is 2.18. The van der Waals surface area contributed by atoms with Gasteiger partial charge in [0.25, 0.3) is 0 Å². The van der Waals surface area contributed by atoms with Gasteiger partial charge < -0.3 is 0 Å². The lowest BCUT2D eigenvalue weighted by Crippen LogP contribution is -2.22. The van der Waals surface area contributed by atoms with Crippen LogP contribution in [0.2, 0.25) is 4.34 Å². The van der Waals surface area contributed by atoms with Gasteiger partial charge in [0.2, 0.25) is 10.0 Å². The molecule has 0 radical (unpaired) electrons. The lowest BCUT2D eigenvalue weighted by Gasteiger charge is -2.03. The quantitative estimate of drug-likeness (QED) is 0.726. The largest absolute Gasteiger partial charge is 0.264 e. The summed E-state index contributed by atoms with van der Waals surface area (Å²) >= 11 is 8.28. The molecule has 3 heterocycles. The van der Waals surface area contributed by atoms with Crippen LogP contribution in [0.3, 0.4) is 0 Å². The summed E-state index contributed by atoms with van der Waals surface area (Å²) in [5, 5.41) is 0.823. The minimum Gasteiger partial charge on any atom is -0.264 e. The second kappa shape index (κ2) is 6.66. The van der Waals surface area contributed by atoms with Crippen LogP contribution in [0.1, 0.15) is 10.6 Å². The molecule has 0 aliphatic carbocycles. The average Bonchev–Trinajstić information content (AvgIpc) is 3.13. The standard InChI is InChI=1S/C14H12ClN3O2S3/c1-9-11(21-14(18-9)10-3-2-6-16-7-10)8-17-23(19,20)13-5-4-12(15)22-13/h2-7,17H,8H2,1H3. The van der Waals surface area contributed by atoms with E-state index in [-0.39, 0.29) is 10.8 Å². The molecule has 120 valence electrons. The molecule has 0 saturated heterocycles. The van der Waals surface area contributed by atoms with Gasteiger partial charge in [-0.1, -0.05) is 11.6 Å². The number of hydrogen-bond donors (Lipinski definition) is 1. The smallest absolute Gasteiger partial charge is 0.250 e. The predicted molar refractivity (Wildman–Crippen MR) is 93.4 cm³/mol. The first-order valence-corrected chi connectivity index (χ1v) is 10.1. The molecule has 0 aromatic carbocycles. The van der Waals surface area contributed by atoms with E-state index in [1.807, 2.05) is 19.1 Å². The fourth-order valence-corrected chi connectivity index (χ4v) is 5.48. The van der Waals surface area contributed by atoms with Crippen molar-refractivity contribution in [3.8, 4) is 10.6 Å². The zero-order chi connectivity index (χ0) is 16.4. The third kappa shape index (κ3) is 3.78. The maximum absolute atomic E-state index is 12.2. The van der Waals surface area contributed by atoms with Gasteiger partial charge in [-0.3, -0.25) is 4.98 Å². The SMILES string of the molecule is Cc1nc(-c2cccnc2)sc1CNS(=O)(=O)c1ccc(Cl)s1. The molecular weight excluding hydrogens is 374 g/mol. The van der Waals surface area contributed by atoms with Gasteiger partial charge in [0.05, 0.1) is 10.0 Å². The van der Waals surface area contributed by atoms with E-state index in [0.29, 0.717) is 4.34 Å². The molecular formula is C14H12ClN3O2S3. The van der Waals surface area contributed by atoms with Gasteiger partial charge >= 0.3 is 0 Å². The molecule has 0 unspecified atom stereocenters. The number of hydrogen-bond acceptors (Lipinski definition) is 6. The van der Waals surface area contributed by atoms with Gasteiger partial charge in [0.1, 0.15) is 9.22 Å². The number of rotatable bonds is 5. The van der Waals surface area contributed by atoms with E-state index in [0.717, 1.165) is 32.5 Å². The molecule has 0 amide bonds. The van der Waals surface area contributed by atoms with Crippen molar-refractivity contribution in [3.05, 3.63) is 51.6 Å². The number of nitrogens with one attached hydrogen (secondary N) is 1. The van der Waals surface area contributed by atoms with Gasteiger partial charge in [-0.05, 0) is 31.2 Å². The Labute approximate surface area is 147 Å². The Morgan fingerprint density at radius 1 is 1.26 bits per heavy atom. The maximum Gasteiger partial charge on any atom is 0.250 e. The molecule has 0 atom stereocenters. The molecule has 0 aliphatic heterocycles. The van der Waals surface area contributed by atoms with Gasteiger partial charge in [0, 0.05) is 29.4 Å². The van der Waals surface area contributed by atoms with Crippen LogP contribution in [0.25, 0.3) is 10.6 Å². The topological polar surface area (TPSA) is 72.0 Å². The normalized spacial score (nSPS) is 11.7. The van der Waals surface area contributed by atoms with Crippen LogP contribution in [-0.2, 0) is 16.6 Å². The zero-order valence-electron chi connectivity index (χ0n) is 12.0. The minimum atomic E-state index is -3.56. The number of thiazole rings is 1. The number of aromatic nitrogens is 2. The summed E-state index contributed by atoms with van der Waals surface area (Å²) < 4.78 is 27.7. The van der Waals surface area contributed by atoms with Crippen molar-refractivity contribution in [1.82, 2.24) is 14.7 Å². The fourth-order valence-electron chi connectivity index (χ4n) is 1.88. The maximum atomic E-state index is 12.2. The highest BCUT2D eigenvalue weighted by Crippen LogP contribution is 2.28. The first-order valence-electron chi connectivity index (χ1n) is 6.57. The average molecular weight is 386 g/mol. The first-order chi connectivity index (χ1) is 11.0. The van der Waals surface area contributed by atoms with E-state index in [1.54, 1.807) is 18.5 Å². The summed E-state index contributed by atoms with van der Waals surface area (Å²) in [6, 6.07) is 6.83. The Kier molecular flexibility index (Phi) is 4.79. The Bertz CT molecular complexity index is 920. The van der Waals surface area contributed by atoms with Crippen LogP contribution in [0, 0.1) is 6.92 Å². The third-order valence-electron chi connectivity index (χ3n) is 3.04. The summed E-state index contributed by atoms with van der Waals surface area (Å²) in [7, 11) is -3.56. The van der Waals surface area contributed by atoms with Crippen molar-refractivity contribution in [2.75, 3.05) is 0 Å². The minimum absolute atomic E-state index is 0.196. The molecule has 3 aromatic heterocycles. The van der Waals surface area contributed by atoms with E-state index < -0.39 is 10.0 Å². The van der Waals surface area contributed by atoms with Crippen LogP contribution < -0.4 is 4.72 Å². The van der Waals surface area contributed by atoms with Crippen LogP contribution in [-0.4, -0.2) is 18.4 Å². The van der Waals surface area contributed by atoms with E-state index >= 15 is 0 Å². The molecule has 3 rings (SSSR count). The number of halogens is 1. The van der Waals surface area contributed by atoms with Crippen LogP contribution >= 0.6 is 34.3 Å². The van der Waals surface area contributed by atoms with Crippen molar-refractivity contribution >= 4 is 44.3 Å². The van der Waals surface area contributed by atoms with E-state index in [4.69, 9.17) is 11.6 Å². The molecule has 0 bridgehead atoms. The van der Waals surface area contributed by atoms with Gasteiger partial charge in [-0.25, -0.2) is 18.1 Å². The molecule has 0 aliphatic rings. The summed E-state index contributed by atoms with van der Waals surface area (Å²) in [5.74, 6) is 0. The molecule has 0 spiro atoms. The molecule has 5 nitrogen and oxygen atoms in total. The summed E-state index contributed by atoms with van der Waals surface area (Å²) in [6.07, 6.45) is 3.44. The monoisotopic (exact) mass is 385 g/mol. The van der Waals surface area contributed by atoms with Crippen molar-refractivity contribution in [3.63, 3.8) is 0 Å². The Balaban J connectivity index is 1.78. The predicted octanol–water partition coefficient (Wildman–Crippen LogP) is 3.71. The van der Waals surface area contributed by atoms with Crippen molar-refractivity contribution in [1.29, 1.82) is 0 Å².